The van der Waals surface area contributed by atoms with Gasteiger partial charge in [0, 0.05) is 124 Å². The highest BCUT2D eigenvalue weighted by Gasteiger charge is 2.54. The first-order valence-electron chi connectivity index (χ1n) is 47.2. The highest BCUT2D eigenvalue weighted by molar-refractivity contribution is 6.02. The van der Waals surface area contributed by atoms with Gasteiger partial charge in [0.2, 0.25) is 118 Å². The van der Waals surface area contributed by atoms with Crippen LogP contribution in [-0.4, -0.2) is 489 Å². The lowest BCUT2D eigenvalue weighted by Gasteiger charge is -2.32. The number of likely N-dealkylation sites (tertiary alicyclic amines) is 12. The van der Waals surface area contributed by atoms with E-state index in [-0.39, 0.29) is 174 Å². The molecule has 13 aliphatic rings. The monoisotopic (exact) mass is 1920 g/mol. The molecule has 0 aromatic carbocycles. The molecule has 13 heterocycles. The first-order valence-corrected chi connectivity index (χ1v) is 47.2. The minimum absolute atomic E-state index is 0.00758. The average Bonchev–Trinajstić information content (AvgIpc) is 1.84. The van der Waals surface area contributed by atoms with Crippen LogP contribution in [-0.2, 0) is 101 Å². The van der Waals surface area contributed by atoms with Crippen LogP contribution in [0.25, 0.3) is 0 Å². The summed E-state index contributed by atoms with van der Waals surface area (Å²) in [6.45, 7) is -5.78. The number of amides is 20. The van der Waals surface area contributed by atoms with E-state index in [9.17, 15) is 136 Å². The Morgan fingerprint density at radius 2 is 0.522 bits per heavy atom. The Morgan fingerprint density at radius 3 is 0.772 bits per heavy atom. The number of nitrogens with zero attached hydrogens (tertiary/aromatic N) is 12. The lowest BCUT2D eigenvalue weighted by Crippen LogP contribution is -2.57. The summed E-state index contributed by atoms with van der Waals surface area (Å²) in [7, 11) is 0. The van der Waals surface area contributed by atoms with E-state index in [1.165, 1.54) is 29.4 Å². The molecule has 21 atom stereocenters. The van der Waals surface area contributed by atoms with E-state index in [1.54, 1.807) is 0 Å². The SMILES string of the molecule is NCCCC[C@H](NC(=O)[C@@H]1C[C@@H](O)CN1C(=O)CNC(=O)[C@@H]1CCCN1C(=O)[C@@H]1C[C@@H](O)CN1)C(=O)NCC(=O)N1C[C@H](O)C[C@H]1C(=O)N1CCC[C@H]1C(=O)NCC(=O)N1C[C@H](O)C[C@H]1C(=O)N1CCC[C@H]1C(=O)NCC(=O)N1C[C@H](O)C[C@H]1C(=O)N1CCC[C@H]1C(=O)NCC(=O)N1C[C@H](O)C[C@H]1C(=O)N1CCC[C@H]1C(=O)NCC(=O)N1C[C@H](O)C[C@H]1C(=O)N1CCC[C@H]1C(=O)NCC(=O)O. The van der Waals surface area contributed by atoms with Crippen molar-refractivity contribution in [2.45, 2.75) is 269 Å². The number of carboxylic acids is 1. The molecular formula is C85H126N22O29. The first kappa shape index (κ1) is 102. The second kappa shape index (κ2) is 45.2. The summed E-state index contributed by atoms with van der Waals surface area (Å²) in [5, 5.41) is 107. The smallest absolute Gasteiger partial charge is 0.322 e. The predicted octanol–water partition coefficient (Wildman–Crippen LogP) is -14.1. The molecule has 13 rings (SSSR count). The summed E-state index contributed by atoms with van der Waals surface area (Å²) in [5.74, 6) is -16.0. The van der Waals surface area contributed by atoms with Crippen LogP contribution in [0.5, 0.6) is 0 Å². The van der Waals surface area contributed by atoms with Gasteiger partial charge in [0.1, 0.15) is 85.1 Å². The van der Waals surface area contributed by atoms with Crippen LogP contribution in [0, 0.1) is 0 Å². The van der Waals surface area contributed by atoms with E-state index >= 15 is 0 Å². The van der Waals surface area contributed by atoms with E-state index in [2.05, 4.69) is 47.9 Å². The standard InChI is InChI=1S/C85H126N22O29/c86-16-2-1-9-51(95-79(130)59-24-45(109)38-102(59)65(115)32-89-73(124)53-10-3-17-96(53)80(131)52-23-44(108)30-87-52)72(123)88-31-66(116)103-39-46(110)25-60(103)81(132)97-18-4-11-54(97)74(125)90-33-67(117)104-40-47(111)26-61(104)82(133)98-19-5-12-55(98)75(126)91-34-68(118)105-41-48(112)27-62(105)83(134)99-20-6-13-56(99)76(127)92-35-69(119)106-42-49(113)28-63(106)84(135)100-21-7-14-57(100)77(128)93-36-70(120)107-43-50(114)29-64(107)85(136)101-22-8-15-58(101)78(129)94-37-71(121)122/h44-64,87,108-114H,1-43,86H2,(H,88,123)(H,89,124)(H,90,125)(H,91,126)(H,92,127)(H,93,128)(H,94,129)(H,95,130)(H,121,122)/t44-,45-,46-,47-,48-,49-,50-,51+,52+,53+,54+,55+,56+,57+,58+,59+,60+,61+,62+,63+,64+/m1/s1. The number of carbonyl (C=O) groups excluding carboxylic acids is 20. The molecule has 0 unspecified atom stereocenters. The number of carboxylic acid groups (broad SMARTS) is 1. The van der Waals surface area contributed by atoms with Gasteiger partial charge in [0.05, 0.1) is 88.0 Å². The minimum atomic E-state index is -1.34. The molecule has 0 aromatic rings. The van der Waals surface area contributed by atoms with E-state index in [1.807, 2.05) is 0 Å². The third kappa shape index (κ3) is 23.5. The lowest BCUT2D eigenvalue weighted by atomic mass is 10.1. The molecule has 13 saturated heterocycles. The van der Waals surface area contributed by atoms with Gasteiger partial charge in [0.15, 0.2) is 0 Å². The number of aliphatic hydroxyl groups excluding tert-OH is 7. The van der Waals surface area contributed by atoms with Gasteiger partial charge in [-0.25, -0.2) is 0 Å². The number of aliphatic hydroxyl groups is 7. The quantitative estimate of drug-likeness (QED) is 0.0271. The van der Waals surface area contributed by atoms with Crippen molar-refractivity contribution < 1.29 is 142 Å². The fourth-order valence-corrected chi connectivity index (χ4v) is 21.4. The van der Waals surface area contributed by atoms with E-state index < -0.39 is 291 Å². The lowest BCUT2D eigenvalue weighted by molar-refractivity contribution is -0.148. The van der Waals surface area contributed by atoms with Gasteiger partial charge in [-0.15, -0.1) is 0 Å². The first-order chi connectivity index (χ1) is 64.9. The summed E-state index contributed by atoms with van der Waals surface area (Å²) in [4.78, 5) is 304. The van der Waals surface area contributed by atoms with Crippen molar-refractivity contribution in [3.05, 3.63) is 0 Å². The Bertz CT molecular complexity index is 4590. The molecule has 51 heteroatoms. The average molecular weight is 1920 g/mol. The van der Waals surface area contributed by atoms with Crippen molar-refractivity contribution >= 4 is 124 Å². The number of unbranched alkanes of at least 4 members (excludes halogenated alkanes) is 1. The number of nitrogens with one attached hydrogen (secondary N) is 9. The Labute approximate surface area is 780 Å². The molecule has 0 radical (unpaired) electrons. The zero-order chi connectivity index (χ0) is 97.9. The van der Waals surface area contributed by atoms with Crippen molar-refractivity contribution in [1.29, 1.82) is 0 Å². The third-order valence-electron chi connectivity index (χ3n) is 28.2. The van der Waals surface area contributed by atoms with Crippen LogP contribution in [0.3, 0.4) is 0 Å². The number of nitrogens with two attached hydrogens (primary N) is 1. The molecular weight excluding hydrogens is 1790 g/mol. The molecule has 13 aliphatic heterocycles. The molecule has 51 nitrogen and oxygen atoms in total. The Hall–Kier alpha value is -11.5. The van der Waals surface area contributed by atoms with Gasteiger partial charge >= 0.3 is 5.97 Å². The van der Waals surface area contributed by atoms with Gasteiger partial charge in [0.25, 0.3) is 0 Å². The van der Waals surface area contributed by atoms with Crippen molar-refractivity contribution in [2.75, 3.05) is 137 Å². The van der Waals surface area contributed by atoms with Gasteiger partial charge in [-0.2, -0.15) is 0 Å². The summed E-state index contributed by atoms with van der Waals surface area (Å²) in [6.07, 6.45) is -5.17. The second-order valence-electron chi connectivity index (χ2n) is 37.5. The van der Waals surface area contributed by atoms with Gasteiger partial charge in [-0.3, -0.25) is 101 Å². The third-order valence-corrected chi connectivity index (χ3v) is 28.2. The van der Waals surface area contributed by atoms with Crippen LogP contribution >= 0.6 is 0 Å². The molecule has 20 amide bonds. The van der Waals surface area contributed by atoms with Gasteiger partial charge in [-0.05, 0) is 109 Å². The van der Waals surface area contributed by atoms with E-state index in [0.717, 1.165) is 29.4 Å². The number of carbonyl (C=O) groups is 21. The maximum Gasteiger partial charge on any atom is 0.322 e. The largest absolute Gasteiger partial charge is 0.480 e. The predicted molar refractivity (Wildman–Crippen MR) is 461 cm³/mol. The fraction of sp³-hybridized carbons (Fsp3) is 0.753. The van der Waals surface area contributed by atoms with Crippen LogP contribution in [0.1, 0.15) is 141 Å². The Kier molecular flexibility index (Phi) is 33.9. The van der Waals surface area contributed by atoms with Crippen molar-refractivity contribution in [3.8, 4) is 0 Å². The summed E-state index contributed by atoms with van der Waals surface area (Å²) in [5.41, 5.74) is 5.75. The van der Waals surface area contributed by atoms with Crippen LogP contribution < -0.4 is 53.6 Å². The Balaban J connectivity index is 0.540. The molecule has 0 bridgehead atoms. The number of hydrogen-bond donors (Lipinski definition) is 18. The Morgan fingerprint density at radius 1 is 0.279 bits per heavy atom. The molecule has 750 valence electrons. The van der Waals surface area contributed by atoms with Crippen LogP contribution in [0.2, 0.25) is 0 Å². The van der Waals surface area contributed by atoms with E-state index in [4.69, 9.17) is 10.8 Å². The highest BCUT2D eigenvalue weighted by atomic mass is 16.4. The molecule has 13 fully saturated rings. The number of β-amino-alcohol motifs (C(OH)–C–C–N with tert-alkyl or cyclic N) is 7. The molecule has 0 spiro atoms. The normalized spacial score (nSPS) is 30.0. The second-order valence-corrected chi connectivity index (χ2v) is 37.5. The molecule has 19 N–H and O–H groups in total. The number of aliphatic carboxylic acids is 1. The zero-order valence-corrected chi connectivity index (χ0v) is 75.6. The molecule has 0 aliphatic carbocycles. The molecule has 0 aromatic heterocycles. The minimum Gasteiger partial charge on any atom is -0.480 e. The van der Waals surface area contributed by atoms with Crippen molar-refractivity contribution in [2.24, 2.45) is 5.73 Å². The van der Waals surface area contributed by atoms with Crippen molar-refractivity contribution in [3.63, 3.8) is 0 Å². The number of rotatable bonds is 33. The number of hydrogen-bond acceptors (Lipinski definition) is 30. The summed E-state index contributed by atoms with van der Waals surface area (Å²) < 4.78 is 0. The maximum absolute atomic E-state index is 14.5. The van der Waals surface area contributed by atoms with Crippen LogP contribution in [0.15, 0.2) is 0 Å². The summed E-state index contributed by atoms with van der Waals surface area (Å²) in [6, 6.07) is -16.4. The molecule has 136 heavy (non-hydrogen) atoms. The maximum atomic E-state index is 14.5. The van der Waals surface area contributed by atoms with Crippen LogP contribution in [0.4, 0.5) is 0 Å². The molecule has 0 saturated carbocycles. The van der Waals surface area contributed by atoms with E-state index in [0.29, 0.717) is 64.3 Å². The van der Waals surface area contributed by atoms with Crippen molar-refractivity contribution in [1.82, 2.24) is 107 Å². The van der Waals surface area contributed by atoms with Gasteiger partial charge in [-0.1, -0.05) is 0 Å². The highest BCUT2D eigenvalue weighted by Crippen LogP contribution is 2.34. The zero-order valence-electron chi connectivity index (χ0n) is 75.6. The fourth-order valence-electron chi connectivity index (χ4n) is 21.4. The topological polar surface area (TPSA) is 693 Å². The van der Waals surface area contributed by atoms with Gasteiger partial charge < -0.3 is 153 Å². The summed E-state index contributed by atoms with van der Waals surface area (Å²) >= 11 is 0.